The molecule has 2 rings (SSSR count). The van der Waals surface area contributed by atoms with Gasteiger partial charge in [-0.25, -0.2) is 0 Å². The Balaban J connectivity index is 2.14. The molecule has 0 atom stereocenters. The Hall–Kier alpha value is -0.631. The van der Waals surface area contributed by atoms with Crippen LogP contribution in [-0.2, 0) is 6.42 Å². The van der Waals surface area contributed by atoms with E-state index >= 15 is 0 Å². The van der Waals surface area contributed by atoms with Gasteiger partial charge in [0.1, 0.15) is 0 Å². The number of rotatable bonds is 4. The Morgan fingerprint density at radius 1 is 1.47 bits per heavy atom. The molecule has 0 aliphatic rings. The standard InChI is InChI=1S/C12H16N2Se/c1-3-14(2)8-6-10-9-15-12-11(10)5-4-7-13-12/h4-5,7,9H,3,6,8H2,1-2H3. The van der Waals surface area contributed by atoms with Crippen LogP contribution in [0.1, 0.15) is 12.5 Å². The van der Waals surface area contributed by atoms with E-state index in [2.05, 4.69) is 34.9 Å². The second-order valence-corrected chi connectivity index (χ2v) is 5.56. The summed E-state index contributed by atoms with van der Waals surface area (Å²) < 4.78 is 1.30. The van der Waals surface area contributed by atoms with E-state index in [9.17, 15) is 0 Å². The average Bonchev–Trinajstić information content (AvgIpc) is 2.69. The number of hydrogen-bond acceptors (Lipinski definition) is 2. The van der Waals surface area contributed by atoms with Crippen molar-refractivity contribution in [3.05, 3.63) is 28.8 Å². The Morgan fingerprint density at radius 3 is 3.13 bits per heavy atom. The van der Waals surface area contributed by atoms with Crippen LogP contribution in [0.2, 0.25) is 0 Å². The van der Waals surface area contributed by atoms with Gasteiger partial charge in [-0.05, 0) is 0 Å². The van der Waals surface area contributed by atoms with Crippen LogP contribution in [0.4, 0.5) is 0 Å². The second kappa shape index (κ2) is 4.93. The number of aromatic nitrogens is 1. The minimum absolute atomic E-state index is 0.469. The fourth-order valence-electron chi connectivity index (χ4n) is 1.58. The van der Waals surface area contributed by atoms with E-state index in [1.807, 2.05) is 12.3 Å². The van der Waals surface area contributed by atoms with Gasteiger partial charge in [-0.2, -0.15) is 0 Å². The zero-order valence-corrected chi connectivity index (χ0v) is 10.9. The third-order valence-electron chi connectivity index (χ3n) is 2.73. The summed E-state index contributed by atoms with van der Waals surface area (Å²) in [6.45, 7) is 4.47. The van der Waals surface area contributed by atoms with Crippen LogP contribution in [0, 0.1) is 0 Å². The van der Waals surface area contributed by atoms with Gasteiger partial charge >= 0.3 is 96.5 Å². The molecule has 0 saturated heterocycles. The molecule has 2 nitrogen and oxygen atoms in total. The maximum absolute atomic E-state index is 4.42. The summed E-state index contributed by atoms with van der Waals surface area (Å²) in [6.07, 6.45) is 3.06. The summed E-state index contributed by atoms with van der Waals surface area (Å²) in [5.41, 5.74) is 1.50. The maximum atomic E-state index is 4.42. The number of pyridine rings is 1. The molecule has 0 aromatic carbocycles. The minimum atomic E-state index is 0.469. The zero-order valence-electron chi connectivity index (χ0n) is 9.23. The van der Waals surface area contributed by atoms with Crippen LogP contribution in [0.15, 0.2) is 23.3 Å². The van der Waals surface area contributed by atoms with E-state index in [0.717, 1.165) is 19.5 Å². The SMILES string of the molecule is CCN(C)CCc1c[se]c2ncccc12. The molecule has 0 aliphatic carbocycles. The molecule has 0 spiro atoms. The Bertz CT molecular complexity index is 436. The van der Waals surface area contributed by atoms with Crippen molar-refractivity contribution < 1.29 is 0 Å². The molecule has 2 aromatic rings. The van der Waals surface area contributed by atoms with Crippen molar-refractivity contribution in [1.29, 1.82) is 0 Å². The van der Waals surface area contributed by atoms with Gasteiger partial charge in [-0.1, -0.05) is 0 Å². The molecule has 0 aliphatic heterocycles. The Morgan fingerprint density at radius 2 is 2.33 bits per heavy atom. The Labute approximate surface area is 96.7 Å². The van der Waals surface area contributed by atoms with Crippen LogP contribution in [0.5, 0.6) is 0 Å². The molecule has 0 amide bonds. The number of hydrogen-bond donors (Lipinski definition) is 0. The molecule has 0 unspecified atom stereocenters. The first-order chi connectivity index (χ1) is 7.31. The molecule has 0 N–H and O–H groups in total. The van der Waals surface area contributed by atoms with Gasteiger partial charge in [0.15, 0.2) is 0 Å². The van der Waals surface area contributed by atoms with Gasteiger partial charge in [0, 0.05) is 0 Å². The average molecular weight is 267 g/mol. The van der Waals surface area contributed by atoms with Crippen molar-refractivity contribution in [1.82, 2.24) is 9.88 Å². The van der Waals surface area contributed by atoms with E-state index in [4.69, 9.17) is 0 Å². The first-order valence-corrected chi connectivity index (χ1v) is 7.15. The summed E-state index contributed by atoms with van der Waals surface area (Å²) in [6, 6.07) is 4.24. The topological polar surface area (TPSA) is 16.1 Å². The summed E-state index contributed by atoms with van der Waals surface area (Å²) in [5, 5.41) is 1.39. The van der Waals surface area contributed by atoms with Gasteiger partial charge in [0.25, 0.3) is 0 Å². The monoisotopic (exact) mass is 268 g/mol. The van der Waals surface area contributed by atoms with Crippen LogP contribution in [0.25, 0.3) is 9.78 Å². The van der Waals surface area contributed by atoms with Crippen LogP contribution >= 0.6 is 0 Å². The molecule has 0 fully saturated rings. The number of nitrogens with zero attached hydrogens (tertiary/aromatic N) is 2. The van der Waals surface area contributed by atoms with Crippen molar-refractivity contribution in [2.45, 2.75) is 13.3 Å². The summed E-state index contributed by atoms with van der Waals surface area (Å²) in [4.78, 5) is 9.15. The predicted octanol–water partition coefficient (Wildman–Crippen LogP) is 1.79. The van der Waals surface area contributed by atoms with E-state index in [1.165, 1.54) is 15.3 Å². The van der Waals surface area contributed by atoms with Gasteiger partial charge < -0.3 is 0 Å². The van der Waals surface area contributed by atoms with Crippen molar-refractivity contribution in [2.75, 3.05) is 20.1 Å². The van der Waals surface area contributed by atoms with Gasteiger partial charge in [-0.3, -0.25) is 0 Å². The quantitative estimate of drug-likeness (QED) is 0.785. The molecule has 2 aromatic heterocycles. The zero-order chi connectivity index (χ0) is 10.7. The van der Waals surface area contributed by atoms with Gasteiger partial charge in [0.05, 0.1) is 0 Å². The summed E-state index contributed by atoms with van der Waals surface area (Å²) in [7, 11) is 2.17. The van der Waals surface area contributed by atoms with Crippen molar-refractivity contribution >= 4 is 24.3 Å². The normalized spacial score (nSPS) is 11.4. The van der Waals surface area contributed by atoms with E-state index in [-0.39, 0.29) is 0 Å². The molecule has 15 heavy (non-hydrogen) atoms. The summed E-state index contributed by atoms with van der Waals surface area (Å²) in [5.74, 6) is 0. The number of likely N-dealkylation sites (N-methyl/N-ethyl adjacent to an activating group) is 1. The third-order valence-corrected chi connectivity index (χ3v) is 4.73. The van der Waals surface area contributed by atoms with Crippen LogP contribution in [-0.4, -0.2) is 44.5 Å². The molecule has 0 radical (unpaired) electrons. The van der Waals surface area contributed by atoms with Gasteiger partial charge in [-0.15, -0.1) is 0 Å². The Kier molecular flexibility index (Phi) is 3.57. The molecule has 80 valence electrons. The fourth-order valence-corrected chi connectivity index (χ4v) is 3.57. The first-order valence-electron chi connectivity index (χ1n) is 5.31. The molecule has 2 heterocycles. The van der Waals surface area contributed by atoms with Crippen molar-refractivity contribution in [2.24, 2.45) is 0 Å². The molecule has 0 saturated carbocycles. The second-order valence-electron chi connectivity index (χ2n) is 3.76. The molecular weight excluding hydrogens is 251 g/mol. The molecular formula is C12H16N2Se. The first kappa shape index (κ1) is 10.9. The molecule has 3 heteroatoms. The summed E-state index contributed by atoms with van der Waals surface area (Å²) >= 11 is 0.469. The van der Waals surface area contributed by atoms with E-state index in [0.29, 0.717) is 14.5 Å². The third kappa shape index (κ3) is 2.49. The van der Waals surface area contributed by atoms with Crippen molar-refractivity contribution in [3.63, 3.8) is 0 Å². The fraction of sp³-hybridized carbons (Fsp3) is 0.417. The van der Waals surface area contributed by atoms with Crippen LogP contribution < -0.4 is 0 Å². The van der Waals surface area contributed by atoms with Crippen LogP contribution in [0.3, 0.4) is 0 Å². The van der Waals surface area contributed by atoms with Gasteiger partial charge in [0.2, 0.25) is 0 Å². The van der Waals surface area contributed by atoms with Crippen molar-refractivity contribution in [3.8, 4) is 0 Å². The van der Waals surface area contributed by atoms with E-state index < -0.39 is 0 Å². The molecule has 0 bridgehead atoms. The van der Waals surface area contributed by atoms with E-state index in [1.54, 1.807) is 0 Å². The number of fused-ring (bicyclic) bond motifs is 1. The predicted molar refractivity (Wildman–Crippen MR) is 65.6 cm³/mol.